The topological polar surface area (TPSA) is 103 Å². The van der Waals surface area contributed by atoms with Gasteiger partial charge in [-0.25, -0.2) is 4.79 Å². The molecule has 3 aromatic rings. The number of ether oxygens (including phenoxy) is 3. The van der Waals surface area contributed by atoms with E-state index in [1.54, 1.807) is 55.6 Å². The standard InChI is InChI=1S/C22H19N3O5/c1-25-17(9-10-18(25)22(27)29-3)21(26)24-15-5-7-16(8-6-15)30-19-11-4-14(13-23)12-20(19)28-2/h4-12H,1-3H3,(H,24,26). The highest BCUT2D eigenvalue weighted by Gasteiger charge is 2.17. The van der Waals surface area contributed by atoms with Crippen molar-refractivity contribution < 1.29 is 23.8 Å². The summed E-state index contributed by atoms with van der Waals surface area (Å²) in [6.07, 6.45) is 0. The first-order valence-electron chi connectivity index (χ1n) is 8.88. The highest BCUT2D eigenvalue weighted by molar-refractivity contribution is 6.04. The number of aromatic nitrogens is 1. The van der Waals surface area contributed by atoms with Crippen LogP contribution < -0.4 is 14.8 Å². The van der Waals surface area contributed by atoms with Gasteiger partial charge in [-0.3, -0.25) is 4.79 Å². The highest BCUT2D eigenvalue weighted by Crippen LogP contribution is 2.32. The van der Waals surface area contributed by atoms with Gasteiger partial charge in [0, 0.05) is 18.8 Å². The van der Waals surface area contributed by atoms with Crippen LogP contribution in [0.4, 0.5) is 5.69 Å². The fourth-order valence-corrected chi connectivity index (χ4v) is 2.80. The van der Waals surface area contributed by atoms with E-state index in [1.807, 2.05) is 6.07 Å². The Morgan fingerprint density at radius 3 is 2.30 bits per heavy atom. The molecular weight excluding hydrogens is 386 g/mol. The number of amides is 1. The minimum atomic E-state index is -0.517. The predicted octanol–water partition coefficient (Wildman–Crippen LogP) is 3.74. The smallest absolute Gasteiger partial charge is 0.354 e. The first-order chi connectivity index (χ1) is 14.5. The summed E-state index contributed by atoms with van der Waals surface area (Å²) in [6.45, 7) is 0. The maximum Gasteiger partial charge on any atom is 0.354 e. The van der Waals surface area contributed by atoms with E-state index in [1.165, 1.54) is 24.9 Å². The number of rotatable bonds is 6. The Balaban J connectivity index is 1.71. The van der Waals surface area contributed by atoms with Crippen molar-refractivity contribution in [2.24, 2.45) is 7.05 Å². The van der Waals surface area contributed by atoms with Gasteiger partial charge in [-0.15, -0.1) is 0 Å². The second-order valence-corrected chi connectivity index (χ2v) is 6.21. The number of nitrogens with one attached hydrogen (secondary N) is 1. The van der Waals surface area contributed by atoms with Gasteiger partial charge in [-0.05, 0) is 48.5 Å². The zero-order valence-corrected chi connectivity index (χ0v) is 16.6. The molecule has 1 amide bonds. The summed E-state index contributed by atoms with van der Waals surface area (Å²) in [7, 11) is 4.40. The lowest BCUT2D eigenvalue weighted by molar-refractivity contribution is 0.0590. The van der Waals surface area contributed by atoms with E-state index in [4.69, 9.17) is 14.7 Å². The molecule has 3 rings (SSSR count). The number of hydrogen-bond acceptors (Lipinski definition) is 6. The average molecular weight is 405 g/mol. The predicted molar refractivity (Wildman–Crippen MR) is 109 cm³/mol. The van der Waals surface area contributed by atoms with E-state index in [9.17, 15) is 9.59 Å². The number of carbonyl (C=O) groups excluding carboxylic acids is 2. The molecule has 1 N–H and O–H groups in total. The second-order valence-electron chi connectivity index (χ2n) is 6.21. The van der Waals surface area contributed by atoms with Gasteiger partial charge in [-0.2, -0.15) is 5.26 Å². The fraction of sp³-hybridized carbons (Fsp3) is 0.136. The zero-order chi connectivity index (χ0) is 21.7. The Morgan fingerprint density at radius 2 is 1.67 bits per heavy atom. The van der Waals surface area contributed by atoms with Crippen LogP contribution in [0.2, 0.25) is 0 Å². The third-order valence-electron chi connectivity index (χ3n) is 4.38. The maximum atomic E-state index is 12.5. The average Bonchev–Trinajstić information content (AvgIpc) is 3.16. The molecule has 8 nitrogen and oxygen atoms in total. The van der Waals surface area contributed by atoms with Crippen molar-refractivity contribution in [3.63, 3.8) is 0 Å². The van der Waals surface area contributed by atoms with Crippen LogP contribution in [0.15, 0.2) is 54.6 Å². The molecule has 0 saturated carbocycles. The van der Waals surface area contributed by atoms with Crippen molar-refractivity contribution in [2.75, 3.05) is 19.5 Å². The van der Waals surface area contributed by atoms with E-state index < -0.39 is 5.97 Å². The molecule has 8 heteroatoms. The monoisotopic (exact) mass is 405 g/mol. The first-order valence-corrected chi connectivity index (χ1v) is 8.88. The third kappa shape index (κ3) is 4.25. The Bertz CT molecular complexity index is 1130. The molecule has 0 aliphatic rings. The molecule has 0 aliphatic heterocycles. The summed E-state index contributed by atoms with van der Waals surface area (Å²) in [5.74, 6) is 0.554. The van der Waals surface area contributed by atoms with E-state index in [0.717, 1.165) is 0 Å². The van der Waals surface area contributed by atoms with Crippen molar-refractivity contribution >= 4 is 17.6 Å². The summed E-state index contributed by atoms with van der Waals surface area (Å²) in [6, 6.07) is 16.8. The van der Waals surface area contributed by atoms with Crippen LogP contribution in [0, 0.1) is 11.3 Å². The van der Waals surface area contributed by atoms with Crippen LogP contribution in [0.5, 0.6) is 17.2 Å². The normalized spacial score (nSPS) is 10.1. The molecular formula is C22H19N3O5. The van der Waals surface area contributed by atoms with E-state index in [0.29, 0.717) is 34.2 Å². The summed E-state index contributed by atoms with van der Waals surface area (Å²) < 4.78 is 17.2. The van der Waals surface area contributed by atoms with Crippen LogP contribution in [-0.4, -0.2) is 30.7 Å². The van der Waals surface area contributed by atoms with Crippen molar-refractivity contribution in [3.05, 3.63) is 71.5 Å². The molecule has 0 unspecified atom stereocenters. The maximum absolute atomic E-state index is 12.5. The highest BCUT2D eigenvalue weighted by atomic mass is 16.5. The molecule has 0 fully saturated rings. The van der Waals surface area contributed by atoms with Crippen molar-refractivity contribution in [1.82, 2.24) is 4.57 Å². The largest absolute Gasteiger partial charge is 0.493 e. The summed E-state index contributed by atoms with van der Waals surface area (Å²) in [5.41, 5.74) is 1.62. The number of hydrogen-bond donors (Lipinski definition) is 1. The number of nitrogens with zero attached hydrogens (tertiary/aromatic N) is 2. The number of esters is 1. The fourth-order valence-electron chi connectivity index (χ4n) is 2.80. The lowest BCUT2D eigenvalue weighted by Crippen LogP contribution is -2.18. The number of nitriles is 1. The lowest BCUT2D eigenvalue weighted by atomic mass is 10.2. The van der Waals surface area contributed by atoms with Gasteiger partial charge in [0.05, 0.1) is 25.9 Å². The van der Waals surface area contributed by atoms with Gasteiger partial charge < -0.3 is 24.1 Å². The first kappa shape index (κ1) is 20.5. The Morgan fingerprint density at radius 1 is 0.967 bits per heavy atom. The van der Waals surface area contributed by atoms with Gasteiger partial charge in [0.15, 0.2) is 11.5 Å². The van der Waals surface area contributed by atoms with E-state index in [-0.39, 0.29) is 11.6 Å². The molecule has 0 saturated heterocycles. The lowest BCUT2D eigenvalue weighted by Gasteiger charge is -2.11. The van der Waals surface area contributed by atoms with E-state index >= 15 is 0 Å². The molecule has 0 spiro atoms. The van der Waals surface area contributed by atoms with Crippen LogP contribution in [0.25, 0.3) is 0 Å². The van der Waals surface area contributed by atoms with Gasteiger partial charge in [0.2, 0.25) is 0 Å². The van der Waals surface area contributed by atoms with Crippen LogP contribution in [-0.2, 0) is 11.8 Å². The van der Waals surface area contributed by atoms with Crippen molar-refractivity contribution in [2.45, 2.75) is 0 Å². The van der Waals surface area contributed by atoms with Crippen molar-refractivity contribution in [3.8, 4) is 23.3 Å². The molecule has 0 atom stereocenters. The van der Waals surface area contributed by atoms with Gasteiger partial charge in [0.1, 0.15) is 17.1 Å². The summed E-state index contributed by atoms with van der Waals surface area (Å²) in [5, 5.41) is 11.7. The molecule has 0 aliphatic carbocycles. The number of benzene rings is 2. The molecule has 30 heavy (non-hydrogen) atoms. The number of methoxy groups -OCH3 is 2. The third-order valence-corrected chi connectivity index (χ3v) is 4.38. The quantitative estimate of drug-likeness (QED) is 0.627. The van der Waals surface area contributed by atoms with Crippen LogP contribution in [0.3, 0.4) is 0 Å². The molecule has 1 heterocycles. The minimum Gasteiger partial charge on any atom is -0.493 e. The van der Waals surface area contributed by atoms with Gasteiger partial charge >= 0.3 is 5.97 Å². The number of carbonyl (C=O) groups is 2. The van der Waals surface area contributed by atoms with Crippen LogP contribution in [0.1, 0.15) is 26.5 Å². The minimum absolute atomic E-state index is 0.280. The zero-order valence-electron chi connectivity index (χ0n) is 16.6. The number of anilines is 1. The van der Waals surface area contributed by atoms with Crippen molar-refractivity contribution in [1.29, 1.82) is 5.26 Å². The summed E-state index contributed by atoms with van der Waals surface area (Å²) in [4.78, 5) is 24.2. The van der Waals surface area contributed by atoms with Gasteiger partial charge in [0.25, 0.3) is 5.91 Å². The Labute approximate surface area is 173 Å². The molecule has 2 aromatic carbocycles. The SMILES string of the molecule is COC(=O)c1ccc(C(=O)Nc2ccc(Oc3ccc(C#N)cc3OC)cc2)n1C. The Hall–Kier alpha value is -4.25. The van der Waals surface area contributed by atoms with Crippen LogP contribution >= 0.6 is 0 Å². The molecule has 152 valence electrons. The molecule has 0 radical (unpaired) electrons. The molecule has 0 bridgehead atoms. The van der Waals surface area contributed by atoms with E-state index in [2.05, 4.69) is 10.1 Å². The Kier molecular flexibility index (Phi) is 6.03. The summed E-state index contributed by atoms with van der Waals surface area (Å²) >= 11 is 0. The second kappa shape index (κ2) is 8.84. The molecule has 1 aromatic heterocycles. The van der Waals surface area contributed by atoms with Gasteiger partial charge in [-0.1, -0.05) is 0 Å².